The molecular formula is C16H20N2O. The second-order valence-electron chi connectivity index (χ2n) is 4.95. The van der Waals surface area contributed by atoms with Gasteiger partial charge in [-0.15, -0.1) is 0 Å². The molecule has 100 valence electrons. The standard InChI is InChI=1S/C16H20N2O/c1-11(2)19-16-6-4-14(5-7-16)18-15-9-12(3)8-13(17)10-15/h4-11,18H,17H2,1-3H3. The fraction of sp³-hybridized carbons (Fsp3) is 0.250. The number of hydrogen-bond acceptors (Lipinski definition) is 3. The van der Waals surface area contributed by atoms with Crippen molar-refractivity contribution in [3.63, 3.8) is 0 Å². The Bertz CT molecular complexity index is 527. The van der Waals surface area contributed by atoms with Crippen LogP contribution in [0.4, 0.5) is 17.1 Å². The quantitative estimate of drug-likeness (QED) is 0.809. The molecule has 0 heterocycles. The van der Waals surface area contributed by atoms with Crippen molar-refractivity contribution in [2.45, 2.75) is 26.9 Å². The maximum atomic E-state index is 5.83. The summed E-state index contributed by atoms with van der Waals surface area (Å²) < 4.78 is 5.61. The van der Waals surface area contributed by atoms with Gasteiger partial charge in [0.2, 0.25) is 0 Å². The number of nitrogen functional groups attached to an aromatic ring is 1. The molecule has 0 unspecified atom stereocenters. The van der Waals surface area contributed by atoms with E-state index < -0.39 is 0 Å². The zero-order chi connectivity index (χ0) is 13.8. The van der Waals surface area contributed by atoms with Gasteiger partial charge in [-0.3, -0.25) is 0 Å². The van der Waals surface area contributed by atoms with Crippen molar-refractivity contribution in [3.8, 4) is 5.75 Å². The van der Waals surface area contributed by atoms with Gasteiger partial charge >= 0.3 is 0 Å². The molecule has 2 aromatic rings. The minimum absolute atomic E-state index is 0.190. The van der Waals surface area contributed by atoms with E-state index in [1.807, 2.05) is 57.2 Å². The van der Waals surface area contributed by atoms with Crippen molar-refractivity contribution in [2.24, 2.45) is 0 Å². The molecule has 19 heavy (non-hydrogen) atoms. The van der Waals surface area contributed by atoms with Crippen LogP contribution >= 0.6 is 0 Å². The zero-order valence-electron chi connectivity index (χ0n) is 11.6. The molecule has 0 aliphatic heterocycles. The molecule has 0 saturated heterocycles. The fourth-order valence-electron chi connectivity index (χ4n) is 1.94. The highest BCUT2D eigenvalue weighted by molar-refractivity contribution is 5.65. The number of nitrogens with one attached hydrogen (secondary N) is 1. The van der Waals surface area contributed by atoms with Gasteiger partial charge in [0.25, 0.3) is 0 Å². The van der Waals surface area contributed by atoms with Gasteiger partial charge in [-0.25, -0.2) is 0 Å². The summed E-state index contributed by atoms with van der Waals surface area (Å²) in [4.78, 5) is 0. The van der Waals surface area contributed by atoms with E-state index >= 15 is 0 Å². The third kappa shape index (κ3) is 3.91. The highest BCUT2D eigenvalue weighted by Gasteiger charge is 2.00. The van der Waals surface area contributed by atoms with Crippen LogP contribution in [0.1, 0.15) is 19.4 Å². The molecule has 0 amide bonds. The first-order chi connectivity index (χ1) is 9.02. The van der Waals surface area contributed by atoms with Crippen LogP contribution in [0.3, 0.4) is 0 Å². The van der Waals surface area contributed by atoms with Gasteiger partial charge in [0.05, 0.1) is 6.10 Å². The maximum absolute atomic E-state index is 5.83. The van der Waals surface area contributed by atoms with Gasteiger partial charge < -0.3 is 15.8 Å². The van der Waals surface area contributed by atoms with Crippen LogP contribution in [0.5, 0.6) is 5.75 Å². The molecule has 0 saturated carbocycles. The SMILES string of the molecule is Cc1cc(N)cc(Nc2ccc(OC(C)C)cc2)c1. The molecule has 3 N–H and O–H groups in total. The highest BCUT2D eigenvalue weighted by atomic mass is 16.5. The number of rotatable bonds is 4. The van der Waals surface area contributed by atoms with E-state index in [9.17, 15) is 0 Å². The zero-order valence-corrected chi connectivity index (χ0v) is 11.6. The number of aryl methyl sites for hydroxylation is 1. The van der Waals surface area contributed by atoms with E-state index in [1.54, 1.807) is 0 Å². The third-order valence-electron chi connectivity index (χ3n) is 2.61. The largest absolute Gasteiger partial charge is 0.491 e. The monoisotopic (exact) mass is 256 g/mol. The predicted molar refractivity (Wildman–Crippen MR) is 81.1 cm³/mol. The van der Waals surface area contributed by atoms with Crippen molar-refractivity contribution in [3.05, 3.63) is 48.0 Å². The molecule has 2 rings (SSSR count). The summed E-state index contributed by atoms with van der Waals surface area (Å²) in [5.41, 5.74) is 9.75. The number of ether oxygens (including phenoxy) is 1. The van der Waals surface area contributed by atoms with Crippen LogP contribution in [0.25, 0.3) is 0 Å². The molecule has 0 fully saturated rings. The van der Waals surface area contributed by atoms with E-state index in [0.29, 0.717) is 0 Å². The second kappa shape index (κ2) is 5.65. The summed E-state index contributed by atoms with van der Waals surface area (Å²) >= 11 is 0. The summed E-state index contributed by atoms with van der Waals surface area (Å²) in [6, 6.07) is 13.8. The van der Waals surface area contributed by atoms with E-state index in [1.165, 1.54) is 0 Å². The molecule has 3 heteroatoms. The molecule has 2 aromatic carbocycles. The Balaban J connectivity index is 2.10. The Labute approximate surface area is 114 Å². The summed E-state index contributed by atoms with van der Waals surface area (Å²) in [6.07, 6.45) is 0.190. The van der Waals surface area contributed by atoms with Crippen molar-refractivity contribution < 1.29 is 4.74 Å². The Morgan fingerprint density at radius 1 is 1.00 bits per heavy atom. The van der Waals surface area contributed by atoms with E-state index in [4.69, 9.17) is 10.5 Å². The van der Waals surface area contributed by atoms with Gasteiger partial charge in [0, 0.05) is 17.1 Å². The number of anilines is 3. The number of hydrogen-bond donors (Lipinski definition) is 2. The highest BCUT2D eigenvalue weighted by Crippen LogP contribution is 2.23. The van der Waals surface area contributed by atoms with E-state index in [2.05, 4.69) is 11.4 Å². The third-order valence-corrected chi connectivity index (χ3v) is 2.61. The smallest absolute Gasteiger partial charge is 0.119 e. The molecule has 0 bridgehead atoms. The summed E-state index contributed by atoms with van der Waals surface area (Å²) in [5, 5.41) is 3.33. The first-order valence-electron chi connectivity index (χ1n) is 6.44. The number of nitrogens with two attached hydrogens (primary N) is 1. The van der Waals surface area contributed by atoms with Gasteiger partial charge in [-0.05, 0) is 68.8 Å². The van der Waals surface area contributed by atoms with Crippen LogP contribution in [-0.4, -0.2) is 6.10 Å². The predicted octanol–water partition coefficient (Wildman–Crippen LogP) is 4.11. The van der Waals surface area contributed by atoms with Crippen molar-refractivity contribution >= 4 is 17.1 Å². The van der Waals surface area contributed by atoms with Crippen LogP contribution in [0.2, 0.25) is 0 Å². The fourth-order valence-corrected chi connectivity index (χ4v) is 1.94. The summed E-state index contributed by atoms with van der Waals surface area (Å²) in [5.74, 6) is 0.879. The molecule has 0 atom stereocenters. The Hall–Kier alpha value is -2.16. The first kappa shape index (κ1) is 13.3. The van der Waals surface area contributed by atoms with E-state index in [-0.39, 0.29) is 6.10 Å². The minimum atomic E-state index is 0.190. The lowest BCUT2D eigenvalue weighted by atomic mass is 10.2. The van der Waals surface area contributed by atoms with Crippen LogP contribution in [0, 0.1) is 6.92 Å². The molecule has 0 aliphatic rings. The average Bonchev–Trinajstić information content (AvgIpc) is 2.29. The molecular weight excluding hydrogens is 236 g/mol. The van der Waals surface area contributed by atoms with Gasteiger partial charge in [-0.2, -0.15) is 0 Å². The maximum Gasteiger partial charge on any atom is 0.119 e. The van der Waals surface area contributed by atoms with Crippen LogP contribution < -0.4 is 15.8 Å². The van der Waals surface area contributed by atoms with Gasteiger partial charge in [0.15, 0.2) is 0 Å². The van der Waals surface area contributed by atoms with Crippen LogP contribution in [0.15, 0.2) is 42.5 Å². The van der Waals surface area contributed by atoms with Gasteiger partial charge in [0.1, 0.15) is 5.75 Å². The normalized spacial score (nSPS) is 10.5. The summed E-state index contributed by atoms with van der Waals surface area (Å²) in [6.45, 7) is 6.06. The average molecular weight is 256 g/mol. The van der Waals surface area contributed by atoms with Crippen molar-refractivity contribution in [1.29, 1.82) is 0 Å². The minimum Gasteiger partial charge on any atom is -0.491 e. The second-order valence-corrected chi connectivity index (χ2v) is 4.95. The van der Waals surface area contributed by atoms with Crippen molar-refractivity contribution in [2.75, 3.05) is 11.1 Å². The first-order valence-corrected chi connectivity index (χ1v) is 6.44. The molecule has 0 spiro atoms. The van der Waals surface area contributed by atoms with Crippen LogP contribution in [-0.2, 0) is 0 Å². The number of benzene rings is 2. The Morgan fingerprint density at radius 3 is 2.26 bits per heavy atom. The molecule has 0 radical (unpaired) electrons. The lowest BCUT2D eigenvalue weighted by Crippen LogP contribution is -2.05. The lowest BCUT2D eigenvalue weighted by Gasteiger charge is -2.12. The summed E-state index contributed by atoms with van der Waals surface area (Å²) in [7, 11) is 0. The Kier molecular flexibility index (Phi) is 3.95. The van der Waals surface area contributed by atoms with E-state index in [0.717, 1.165) is 28.4 Å². The molecule has 0 aromatic heterocycles. The van der Waals surface area contributed by atoms with Gasteiger partial charge in [-0.1, -0.05) is 0 Å². The Morgan fingerprint density at radius 2 is 1.68 bits per heavy atom. The lowest BCUT2D eigenvalue weighted by molar-refractivity contribution is 0.242. The molecule has 3 nitrogen and oxygen atoms in total. The topological polar surface area (TPSA) is 47.3 Å². The molecule has 0 aliphatic carbocycles. The van der Waals surface area contributed by atoms with Crippen molar-refractivity contribution in [1.82, 2.24) is 0 Å².